The summed E-state index contributed by atoms with van der Waals surface area (Å²) in [6, 6.07) is 2.24. The van der Waals surface area contributed by atoms with E-state index >= 15 is 0 Å². The zero-order valence-electron chi connectivity index (χ0n) is 14.4. The smallest absolute Gasteiger partial charge is 0.0833 e. The Morgan fingerprint density at radius 1 is 1.17 bits per heavy atom. The van der Waals surface area contributed by atoms with Crippen LogP contribution in [-0.2, 0) is 24.9 Å². The van der Waals surface area contributed by atoms with Crippen LogP contribution in [0.5, 0.6) is 0 Å². The van der Waals surface area contributed by atoms with Gasteiger partial charge in [-0.05, 0) is 35.2 Å². The van der Waals surface area contributed by atoms with E-state index in [1.165, 1.54) is 11.1 Å². The molecule has 1 spiro atoms. The summed E-state index contributed by atoms with van der Waals surface area (Å²) in [5.74, 6) is 0. The minimum absolute atomic E-state index is 0.0611. The second kappa shape index (κ2) is 6.96. The molecule has 2 aromatic heterocycles. The van der Waals surface area contributed by atoms with Gasteiger partial charge in [0.05, 0.1) is 18.4 Å². The van der Waals surface area contributed by atoms with Gasteiger partial charge in [0.25, 0.3) is 0 Å². The van der Waals surface area contributed by atoms with Crippen LogP contribution in [0.2, 0.25) is 0 Å². The maximum absolute atomic E-state index is 6.28. The highest BCUT2D eigenvalue weighted by atomic mass is 32.1. The lowest BCUT2D eigenvalue weighted by atomic mass is 9.89. The molecular formula is C18H26N4OS. The highest BCUT2D eigenvalue weighted by Gasteiger charge is 2.39. The molecule has 0 atom stereocenters. The Morgan fingerprint density at radius 3 is 2.71 bits per heavy atom. The first kappa shape index (κ1) is 16.3. The van der Waals surface area contributed by atoms with E-state index in [0.29, 0.717) is 0 Å². The zero-order chi connectivity index (χ0) is 16.4. The lowest BCUT2D eigenvalue weighted by Gasteiger charge is -2.47. The van der Waals surface area contributed by atoms with E-state index < -0.39 is 0 Å². The number of ether oxygens (including phenoxy) is 1. The van der Waals surface area contributed by atoms with Crippen molar-refractivity contribution in [3.05, 3.63) is 40.3 Å². The van der Waals surface area contributed by atoms with Crippen LogP contribution >= 0.6 is 11.3 Å². The van der Waals surface area contributed by atoms with E-state index in [9.17, 15) is 0 Å². The van der Waals surface area contributed by atoms with E-state index in [2.05, 4.69) is 37.9 Å². The molecule has 4 rings (SSSR count). The van der Waals surface area contributed by atoms with E-state index in [1.807, 2.05) is 17.9 Å². The highest BCUT2D eigenvalue weighted by molar-refractivity contribution is 7.07. The molecule has 2 saturated heterocycles. The lowest BCUT2D eigenvalue weighted by Crippen LogP contribution is -2.56. The summed E-state index contributed by atoms with van der Waals surface area (Å²) in [7, 11) is 1.98. The van der Waals surface area contributed by atoms with Gasteiger partial charge in [0.2, 0.25) is 0 Å². The summed E-state index contributed by atoms with van der Waals surface area (Å²) in [5, 5.41) is 8.71. The topological polar surface area (TPSA) is 33.5 Å². The Morgan fingerprint density at radius 2 is 2.00 bits per heavy atom. The van der Waals surface area contributed by atoms with Crippen LogP contribution in [0.4, 0.5) is 0 Å². The molecule has 5 nitrogen and oxygen atoms in total. The Labute approximate surface area is 147 Å². The molecule has 2 aromatic rings. The van der Waals surface area contributed by atoms with Gasteiger partial charge in [0.15, 0.2) is 0 Å². The van der Waals surface area contributed by atoms with Crippen LogP contribution in [0.1, 0.15) is 24.0 Å². The van der Waals surface area contributed by atoms with Crippen molar-refractivity contribution in [2.24, 2.45) is 7.05 Å². The van der Waals surface area contributed by atoms with E-state index in [0.717, 1.165) is 58.7 Å². The first-order chi connectivity index (χ1) is 11.7. The predicted molar refractivity (Wildman–Crippen MR) is 96.0 cm³/mol. The minimum Gasteiger partial charge on any atom is -0.372 e. The minimum atomic E-state index is 0.0611. The number of rotatable bonds is 4. The lowest BCUT2D eigenvalue weighted by molar-refractivity contribution is -0.138. The standard InChI is InChI=1S/C18H26N4OS/c1-20-11-17(10-19-20)13-22-7-8-23-18(15-22)3-5-21(6-4-18)12-16-2-9-24-14-16/h2,9-11,14H,3-8,12-13,15H2,1H3. The number of thiophene rings is 1. The molecule has 2 aliphatic heterocycles. The first-order valence-electron chi connectivity index (χ1n) is 8.78. The van der Waals surface area contributed by atoms with Crippen LogP contribution in [0, 0.1) is 0 Å². The van der Waals surface area contributed by atoms with Gasteiger partial charge >= 0.3 is 0 Å². The molecule has 2 fully saturated rings. The third-order valence-corrected chi connectivity index (χ3v) is 5.98. The molecule has 0 bridgehead atoms. The Kier molecular flexibility index (Phi) is 4.72. The van der Waals surface area contributed by atoms with Crippen molar-refractivity contribution in [3.8, 4) is 0 Å². The Bertz CT molecular complexity index is 646. The van der Waals surface area contributed by atoms with Crippen molar-refractivity contribution in [2.45, 2.75) is 31.5 Å². The van der Waals surface area contributed by atoms with Gasteiger partial charge in [-0.3, -0.25) is 14.5 Å². The van der Waals surface area contributed by atoms with Gasteiger partial charge in [-0.25, -0.2) is 0 Å². The van der Waals surface area contributed by atoms with Crippen LogP contribution < -0.4 is 0 Å². The largest absolute Gasteiger partial charge is 0.372 e. The number of morpholine rings is 1. The SMILES string of the molecule is Cn1cc(CN2CCOC3(CCN(Cc4ccsc4)CC3)C2)cn1. The van der Waals surface area contributed by atoms with Crippen molar-refractivity contribution < 1.29 is 4.74 Å². The second-order valence-corrected chi connectivity index (χ2v) is 7.95. The third kappa shape index (κ3) is 3.72. The Balaban J connectivity index is 1.32. The summed E-state index contributed by atoms with van der Waals surface area (Å²) in [4.78, 5) is 5.10. The van der Waals surface area contributed by atoms with E-state index in [-0.39, 0.29) is 5.60 Å². The van der Waals surface area contributed by atoms with Crippen LogP contribution in [0.25, 0.3) is 0 Å². The molecule has 6 heteroatoms. The number of nitrogens with zero attached hydrogens (tertiary/aromatic N) is 4. The quantitative estimate of drug-likeness (QED) is 0.851. The van der Waals surface area contributed by atoms with Crippen molar-refractivity contribution in [1.82, 2.24) is 19.6 Å². The predicted octanol–water partition coefficient (Wildman–Crippen LogP) is 2.35. The zero-order valence-corrected chi connectivity index (χ0v) is 15.2. The number of piperidine rings is 1. The van der Waals surface area contributed by atoms with Gasteiger partial charge in [-0.1, -0.05) is 0 Å². The number of hydrogen-bond donors (Lipinski definition) is 0. The van der Waals surface area contributed by atoms with Crippen LogP contribution in [-0.4, -0.2) is 58.0 Å². The van der Waals surface area contributed by atoms with Gasteiger partial charge in [0, 0.05) is 58.1 Å². The van der Waals surface area contributed by atoms with Crippen molar-refractivity contribution in [2.75, 3.05) is 32.8 Å². The van der Waals surface area contributed by atoms with E-state index in [4.69, 9.17) is 4.74 Å². The Hall–Kier alpha value is -1.21. The number of hydrogen-bond acceptors (Lipinski definition) is 5. The number of likely N-dealkylation sites (tertiary alicyclic amines) is 1. The molecule has 0 aromatic carbocycles. The van der Waals surface area contributed by atoms with Crippen molar-refractivity contribution in [1.29, 1.82) is 0 Å². The average Bonchev–Trinajstić information content (AvgIpc) is 3.22. The molecule has 0 saturated carbocycles. The second-order valence-electron chi connectivity index (χ2n) is 7.17. The van der Waals surface area contributed by atoms with Gasteiger partial charge in [-0.2, -0.15) is 16.4 Å². The summed E-state index contributed by atoms with van der Waals surface area (Å²) in [6.45, 7) is 7.26. The molecule has 2 aliphatic rings. The molecule has 24 heavy (non-hydrogen) atoms. The van der Waals surface area contributed by atoms with Crippen LogP contribution in [0.15, 0.2) is 29.2 Å². The number of aryl methyl sites for hydroxylation is 1. The maximum atomic E-state index is 6.28. The normalized spacial score (nSPS) is 22.2. The first-order valence-corrected chi connectivity index (χ1v) is 9.72. The average molecular weight is 347 g/mol. The molecule has 0 radical (unpaired) electrons. The third-order valence-electron chi connectivity index (χ3n) is 5.25. The summed E-state index contributed by atoms with van der Waals surface area (Å²) >= 11 is 1.79. The number of aromatic nitrogens is 2. The van der Waals surface area contributed by atoms with Gasteiger partial charge in [0.1, 0.15) is 0 Å². The molecular weight excluding hydrogens is 320 g/mol. The summed E-state index contributed by atoms with van der Waals surface area (Å²) in [6.07, 6.45) is 6.37. The fraction of sp³-hybridized carbons (Fsp3) is 0.611. The fourth-order valence-corrected chi connectivity index (χ4v) is 4.59. The molecule has 4 heterocycles. The van der Waals surface area contributed by atoms with E-state index in [1.54, 1.807) is 11.3 Å². The molecule has 0 aliphatic carbocycles. The van der Waals surface area contributed by atoms with Crippen molar-refractivity contribution in [3.63, 3.8) is 0 Å². The van der Waals surface area contributed by atoms with Gasteiger partial charge in [-0.15, -0.1) is 0 Å². The monoisotopic (exact) mass is 346 g/mol. The highest BCUT2D eigenvalue weighted by Crippen LogP contribution is 2.31. The van der Waals surface area contributed by atoms with Crippen LogP contribution in [0.3, 0.4) is 0 Å². The summed E-state index contributed by atoms with van der Waals surface area (Å²) < 4.78 is 8.16. The molecule has 130 valence electrons. The molecule has 0 N–H and O–H groups in total. The van der Waals surface area contributed by atoms with Crippen molar-refractivity contribution >= 4 is 11.3 Å². The fourth-order valence-electron chi connectivity index (χ4n) is 3.93. The van der Waals surface area contributed by atoms with Gasteiger partial charge < -0.3 is 4.74 Å². The molecule has 0 amide bonds. The maximum Gasteiger partial charge on any atom is 0.0833 e. The summed E-state index contributed by atoms with van der Waals surface area (Å²) in [5.41, 5.74) is 2.80. The molecule has 0 unspecified atom stereocenters.